The highest BCUT2D eigenvalue weighted by Gasteiger charge is 2.32. The molecule has 0 spiro atoms. The van der Waals surface area contributed by atoms with Crippen LogP contribution >= 0.6 is 0 Å². The summed E-state index contributed by atoms with van der Waals surface area (Å²) < 4.78 is 2.31. The summed E-state index contributed by atoms with van der Waals surface area (Å²) in [5.74, 6) is 0.925. The first-order valence-electron chi connectivity index (χ1n) is 12.0. The maximum atomic E-state index is 13.2. The lowest BCUT2D eigenvalue weighted by Crippen LogP contribution is -2.34. The van der Waals surface area contributed by atoms with Crippen LogP contribution in [0.25, 0.3) is 10.9 Å². The largest absolute Gasteiger partial charge is 0.343 e. The van der Waals surface area contributed by atoms with Crippen molar-refractivity contribution in [1.82, 2.24) is 9.47 Å². The van der Waals surface area contributed by atoms with Gasteiger partial charge in [-0.2, -0.15) is 5.26 Å². The molecule has 4 rings (SSSR count). The number of likely N-dealkylation sites (tertiary alicyclic amines) is 1. The minimum atomic E-state index is 0.182. The molecule has 0 bridgehead atoms. The number of nitriles is 1. The molecule has 1 atom stereocenters. The SMILES string of the molecule is CCCC(CCC)C(=O)N1CCC(c2cn(Cc3ccc(C#N)cc3)c3ccccc23)C1. The number of carbonyl (C=O) groups excluding carboxylic acids is 1. The number of rotatable bonds is 8. The molecule has 4 heteroatoms. The molecular formula is C28H33N3O. The topological polar surface area (TPSA) is 49.0 Å². The van der Waals surface area contributed by atoms with Gasteiger partial charge in [-0.1, -0.05) is 57.0 Å². The fourth-order valence-electron chi connectivity index (χ4n) is 5.17. The minimum Gasteiger partial charge on any atom is -0.343 e. The zero-order valence-electron chi connectivity index (χ0n) is 19.3. The minimum absolute atomic E-state index is 0.182. The van der Waals surface area contributed by atoms with E-state index in [9.17, 15) is 4.79 Å². The highest BCUT2D eigenvalue weighted by atomic mass is 16.2. The average Bonchev–Trinajstić information content (AvgIpc) is 3.44. The van der Waals surface area contributed by atoms with Crippen LogP contribution in [0, 0.1) is 17.2 Å². The van der Waals surface area contributed by atoms with E-state index in [1.807, 2.05) is 24.3 Å². The summed E-state index contributed by atoms with van der Waals surface area (Å²) in [6.45, 7) is 6.81. The number of benzene rings is 2. The fraction of sp³-hybridized carbons (Fsp3) is 0.429. The van der Waals surface area contributed by atoms with Gasteiger partial charge in [0.15, 0.2) is 0 Å². The lowest BCUT2D eigenvalue weighted by Gasteiger charge is -2.23. The van der Waals surface area contributed by atoms with Gasteiger partial charge in [0, 0.05) is 48.6 Å². The molecular weight excluding hydrogens is 394 g/mol. The first-order valence-corrected chi connectivity index (χ1v) is 12.0. The maximum Gasteiger partial charge on any atom is 0.225 e. The lowest BCUT2D eigenvalue weighted by atomic mass is 9.96. The third kappa shape index (κ3) is 4.58. The summed E-state index contributed by atoms with van der Waals surface area (Å²) in [5, 5.41) is 10.3. The van der Waals surface area contributed by atoms with E-state index in [0.29, 0.717) is 17.4 Å². The second kappa shape index (κ2) is 10.0. The van der Waals surface area contributed by atoms with Gasteiger partial charge >= 0.3 is 0 Å². The van der Waals surface area contributed by atoms with Crippen molar-refractivity contribution in [3.8, 4) is 6.07 Å². The van der Waals surface area contributed by atoms with Crippen LogP contribution in [-0.2, 0) is 11.3 Å². The highest BCUT2D eigenvalue weighted by molar-refractivity contribution is 5.85. The molecule has 0 radical (unpaired) electrons. The van der Waals surface area contributed by atoms with Gasteiger partial charge in [-0.15, -0.1) is 0 Å². The molecule has 1 amide bonds. The Labute approximate surface area is 191 Å². The van der Waals surface area contributed by atoms with Crippen molar-refractivity contribution >= 4 is 16.8 Å². The monoisotopic (exact) mass is 427 g/mol. The van der Waals surface area contributed by atoms with E-state index in [1.165, 1.54) is 22.0 Å². The van der Waals surface area contributed by atoms with Gasteiger partial charge in [-0.3, -0.25) is 4.79 Å². The van der Waals surface area contributed by atoms with Gasteiger partial charge in [-0.05, 0) is 48.6 Å². The Bertz CT molecular complexity index is 1100. The zero-order chi connectivity index (χ0) is 22.5. The van der Waals surface area contributed by atoms with Crippen molar-refractivity contribution in [3.05, 3.63) is 71.4 Å². The van der Waals surface area contributed by atoms with E-state index in [-0.39, 0.29) is 5.92 Å². The molecule has 0 saturated carbocycles. The molecule has 1 saturated heterocycles. The van der Waals surface area contributed by atoms with Crippen LogP contribution in [0.3, 0.4) is 0 Å². The van der Waals surface area contributed by atoms with E-state index in [0.717, 1.165) is 51.7 Å². The number of para-hydroxylation sites is 1. The molecule has 2 heterocycles. The van der Waals surface area contributed by atoms with Crippen LogP contribution < -0.4 is 0 Å². The Hall–Kier alpha value is -3.06. The number of hydrogen-bond acceptors (Lipinski definition) is 2. The summed E-state index contributed by atoms with van der Waals surface area (Å²) in [5.41, 5.74) is 4.45. The highest BCUT2D eigenvalue weighted by Crippen LogP contribution is 2.35. The fourth-order valence-corrected chi connectivity index (χ4v) is 5.17. The molecule has 3 aromatic rings. The van der Waals surface area contributed by atoms with Gasteiger partial charge in [0.2, 0.25) is 5.91 Å². The summed E-state index contributed by atoms with van der Waals surface area (Å²) in [6.07, 6.45) is 7.45. The van der Waals surface area contributed by atoms with Gasteiger partial charge in [0.05, 0.1) is 11.6 Å². The van der Waals surface area contributed by atoms with Crippen LogP contribution in [0.1, 0.15) is 68.6 Å². The van der Waals surface area contributed by atoms with Crippen molar-refractivity contribution in [3.63, 3.8) is 0 Å². The first kappa shape index (κ1) is 22.1. The second-order valence-electron chi connectivity index (χ2n) is 9.08. The lowest BCUT2D eigenvalue weighted by molar-refractivity contribution is -0.135. The van der Waals surface area contributed by atoms with Crippen LogP contribution in [0.2, 0.25) is 0 Å². The molecule has 0 aliphatic carbocycles. The molecule has 166 valence electrons. The molecule has 0 N–H and O–H groups in total. The van der Waals surface area contributed by atoms with Gasteiger partial charge in [0.25, 0.3) is 0 Å². The Kier molecular flexibility index (Phi) is 6.95. The third-order valence-corrected chi connectivity index (χ3v) is 6.82. The van der Waals surface area contributed by atoms with Crippen molar-refractivity contribution in [2.75, 3.05) is 13.1 Å². The quantitative estimate of drug-likeness (QED) is 0.436. The van der Waals surface area contributed by atoms with Crippen LogP contribution in [0.5, 0.6) is 0 Å². The van der Waals surface area contributed by atoms with E-state index in [4.69, 9.17) is 5.26 Å². The molecule has 4 nitrogen and oxygen atoms in total. The number of nitrogens with zero attached hydrogens (tertiary/aromatic N) is 3. The van der Waals surface area contributed by atoms with E-state index in [1.54, 1.807) is 0 Å². The average molecular weight is 428 g/mol. The number of fused-ring (bicyclic) bond motifs is 1. The predicted molar refractivity (Wildman–Crippen MR) is 129 cm³/mol. The van der Waals surface area contributed by atoms with Crippen molar-refractivity contribution in [2.24, 2.45) is 5.92 Å². The summed E-state index contributed by atoms with van der Waals surface area (Å²) in [7, 11) is 0. The van der Waals surface area contributed by atoms with Gasteiger partial charge < -0.3 is 9.47 Å². The smallest absolute Gasteiger partial charge is 0.225 e. The number of aromatic nitrogens is 1. The maximum absolute atomic E-state index is 13.2. The molecule has 1 unspecified atom stereocenters. The summed E-state index contributed by atoms with van der Waals surface area (Å²) in [4.78, 5) is 15.3. The number of carbonyl (C=O) groups is 1. The molecule has 1 aliphatic heterocycles. The molecule has 1 aromatic heterocycles. The zero-order valence-corrected chi connectivity index (χ0v) is 19.3. The van der Waals surface area contributed by atoms with Crippen LogP contribution in [0.4, 0.5) is 0 Å². The van der Waals surface area contributed by atoms with Crippen molar-refractivity contribution in [1.29, 1.82) is 5.26 Å². The van der Waals surface area contributed by atoms with E-state index in [2.05, 4.69) is 59.8 Å². The Morgan fingerprint density at radius 1 is 1.09 bits per heavy atom. The number of amides is 1. The molecule has 2 aromatic carbocycles. The third-order valence-electron chi connectivity index (χ3n) is 6.82. The Morgan fingerprint density at radius 2 is 1.81 bits per heavy atom. The second-order valence-corrected chi connectivity index (χ2v) is 9.08. The number of hydrogen-bond donors (Lipinski definition) is 0. The van der Waals surface area contributed by atoms with E-state index >= 15 is 0 Å². The Balaban J connectivity index is 1.56. The first-order chi connectivity index (χ1) is 15.6. The standard InChI is InChI=1S/C28H33N3O/c1-3-7-23(8-4-2)28(32)30-16-15-24(19-30)26-20-31(27-10-6-5-9-25(26)27)18-22-13-11-21(17-29)12-14-22/h5-6,9-14,20,23-24H,3-4,7-8,15-16,18-19H2,1-2H3. The predicted octanol–water partition coefficient (Wildman–Crippen LogP) is 6.09. The summed E-state index contributed by atoms with van der Waals surface area (Å²) >= 11 is 0. The molecule has 32 heavy (non-hydrogen) atoms. The molecule has 1 aliphatic rings. The normalized spacial score (nSPS) is 16.1. The van der Waals surface area contributed by atoms with E-state index < -0.39 is 0 Å². The van der Waals surface area contributed by atoms with Crippen LogP contribution in [0.15, 0.2) is 54.7 Å². The Morgan fingerprint density at radius 3 is 2.50 bits per heavy atom. The van der Waals surface area contributed by atoms with Gasteiger partial charge in [-0.25, -0.2) is 0 Å². The summed E-state index contributed by atoms with van der Waals surface area (Å²) in [6, 6.07) is 18.6. The van der Waals surface area contributed by atoms with Gasteiger partial charge in [0.1, 0.15) is 0 Å². The molecule has 1 fully saturated rings. The van der Waals surface area contributed by atoms with Crippen LogP contribution in [-0.4, -0.2) is 28.5 Å². The van der Waals surface area contributed by atoms with Crippen molar-refractivity contribution < 1.29 is 4.79 Å². The van der Waals surface area contributed by atoms with Crippen molar-refractivity contribution in [2.45, 2.75) is 58.4 Å².